The molecule has 0 unspecified atom stereocenters. The van der Waals surface area contributed by atoms with Crippen molar-refractivity contribution in [3.8, 4) is 11.5 Å². The van der Waals surface area contributed by atoms with Gasteiger partial charge in [-0.05, 0) is 48.9 Å². The lowest BCUT2D eigenvalue weighted by atomic mass is 10.1. The molecule has 0 radical (unpaired) electrons. The van der Waals surface area contributed by atoms with E-state index in [0.717, 1.165) is 10.0 Å². The quantitative estimate of drug-likeness (QED) is 0.179. The molecule has 3 aromatic carbocycles. The maximum absolute atomic E-state index is 12.5. The molecule has 0 saturated carbocycles. The molecule has 0 aliphatic rings. The smallest absolute Gasteiger partial charge is 0.343 e. The molecular weight excluding hydrogens is 519 g/mol. The molecule has 0 spiro atoms. The zero-order valence-electron chi connectivity index (χ0n) is 16.8. The minimum atomic E-state index is -0.509. The summed E-state index contributed by atoms with van der Waals surface area (Å²) in [6.07, 6.45) is 1.37. The summed E-state index contributed by atoms with van der Waals surface area (Å²) in [5.74, 6) is -0.418. The van der Waals surface area contributed by atoms with Crippen LogP contribution < -0.4 is 14.9 Å². The fourth-order valence-corrected chi connectivity index (χ4v) is 3.34. The van der Waals surface area contributed by atoms with Gasteiger partial charge in [-0.2, -0.15) is 5.10 Å². The Morgan fingerprint density at radius 2 is 1.84 bits per heavy atom. The molecule has 164 valence electrons. The lowest BCUT2D eigenvalue weighted by Crippen LogP contribution is -2.24. The lowest BCUT2D eigenvalue weighted by molar-refractivity contribution is -0.123. The number of halogens is 3. The molecular formula is C23H17BrCl2N2O4. The van der Waals surface area contributed by atoms with E-state index in [4.69, 9.17) is 32.7 Å². The zero-order valence-corrected chi connectivity index (χ0v) is 19.9. The molecule has 6 nitrogen and oxygen atoms in total. The molecule has 32 heavy (non-hydrogen) atoms. The van der Waals surface area contributed by atoms with E-state index >= 15 is 0 Å². The van der Waals surface area contributed by atoms with E-state index in [-0.39, 0.29) is 17.4 Å². The van der Waals surface area contributed by atoms with Gasteiger partial charge in [-0.3, -0.25) is 4.79 Å². The highest BCUT2D eigenvalue weighted by molar-refractivity contribution is 9.10. The third-order valence-corrected chi connectivity index (χ3v) is 5.50. The van der Waals surface area contributed by atoms with Crippen LogP contribution in [0.5, 0.6) is 11.5 Å². The van der Waals surface area contributed by atoms with E-state index in [1.165, 1.54) is 6.21 Å². The maximum Gasteiger partial charge on any atom is 0.343 e. The van der Waals surface area contributed by atoms with Gasteiger partial charge < -0.3 is 9.47 Å². The number of carbonyl (C=O) groups is 2. The molecule has 3 aromatic rings. The molecule has 0 heterocycles. The molecule has 0 atom stereocenters. The minimum absolute atomic E-state index is 0.222. The van der Waals surface area contributed by atoms with E-state index in [0.29, 0.717) is 21.9 Å². The Bertz CT molecular complexity index is 1180. The number of hydrazone groups is 1. The number of nitrogens with one attached hydrogen (secondary N) is 1. The predicted octanol–water partition coefficient (Wildman–Crippen LogP) is 5.81. The van der Waals surface area contributed by atoms with Gasteiger partial charge in [0, 0.05) is 10.0 Å². The number of hydrogen-bond donors (Lipinski definition) is 1. The highest BCUT2D eigenvalue weighted by Crippen LogP contribution is 2.31. The first kappa shape index (κ1) is 23.8. The number of amides is 1. The lowest BCUT2D eigenvalue weighted by Gasteiger charge is -2.10. The Balaban J connectivity index is 1.64. The normalized spacial score (nSPS) is 10.8. The molecule has 0 fully saturated rings. The number of benzene rings is 3. The van der Waals surface area contributed by atoms with Crippen LogP contribution in [0.4, 0.5) is 0 Å². The van der Waals surface area contributed by atoms with Crippen molar-refractivity contribution in [2.75, 3.05) is 6.61 Å². The number of nitrogens with zero attached hydrogens (tertiary/aromatic N) is 1. The molecule has 0 aliphatic heterocycles. The van der Waals surface area contributed by atoms with E-state index in [1.807, 2.05) is 19.1 Å². The summed E-state index contributed by atoms with van der Waals surface area (Å²) < 4.78 is 11.6. The fourth-order valence-electron chi connectivity index (χ4n) is 2.61. The van der Waals surface area contributed by atoms with Gasteiger partial charge in [-0.15, -0.1) is 0 Å². The summed E-state index contributed by atoms with van der Waals surface area (Å²) in [6, 6.07) is 17.1. The van der Waals surface area contributed by atoms with Crippen LogP contribution in [0.25, 0.3) is 0 Å². The molecule has 9 heteroatoms. The topological polar surface area (TPSA) is 77.0 Å². The number of esters is 1. The molecule has 0 aromatic heterocycles. The van der Waals surface area contributed by atoms with Crippen LogP contribution in [0.3, 0.4) is 0 Å². The molecule has 0 bridgehead atoms. The average Bonchev–Trinajstić information content (AvgIpc) is 2.76. The molecule has 0 saturated heterocycles. The molecule has 1 N–H and O–H groups in total. The summed E-state index contributed by atoms with van der Waals surface area (Å²) in [5.41, 5.74) is 4.10. The summed E-state index contributed by atoms with van der Waals surface area (Å²) in [5, 5.41) is 4.46. The highest BCUT2D eigenvalue weighted by atomic mass is 79.9. The zero-order chi connectivity index (χ0) is 23.1. The van der Waals surface area contributed by atoms with Crippen molar-refractivity contribution in [1.29, 1.82) is 0 Å². The number of aryl methyl sites for hydroxylation is 1. The van der Waals surface area contributed by atoms with Crippen molar-refractivity contribution in [2.45, 2.75) is 6.92 Å². The van der Waals surface area contributed by atoms with E-state index in [1.54, 1.807) is 48.5 Å². The summed E-state index contributed by atoms with van der Waals surface area (Å²) in [6.45, 7) is 1.51. The Kier molecular flexibility index (Phi) is 8.27. The van der Waals surface area contributed by atoms with Gasteiger partial charge in [0.15, 0.2) is 6.61 Å². The Morgan fingerprint density at radius 3 is 2.62 bits per heavy atom. The van der Waals surface area contributed by atoms with Crippen LogP contribution in [0.2, 0.25) is 10.0 Å². The van der Waals surface area contributed by atoms with Crippen LogP contribution in [0, 0.1) is 6.92 Å². The van der Waals surface area contributed by atoms with Gasteiger partial charge in [-0.25, -0.2) is 10.2 Å². The number of hydrogen-bond acceptors (Lipinski definition) is 5. The van der Waals surface area contributed by atoms with E-state index in [9.17, 15) is 9.59 Å². The molecule has 0 aliphatic carbocycles. The van der Waals surface area contributed by atoms with Gasteiger partial charge >= 0.3 is 5.97 Å². The van der Waals surface area contributed by atoms with Gasteiger partial charge in [0.1, 0.15) is 16.5 Å². The second kappa shape index (κ2) is 11.1. The first-order valence-electron chi connectivity index (χ1n) is 9.31. The molecule has 1 amide bonds. The summed E-state index contributed by atoms with van der Waals surface area (Å²) in [4.78, 5) is 24.6. The van der Waals surface area contributed by atoms with Crippen molar-refractivity contribution >= 4 is 57.2 Å². The second-order valence-corrected chi connectivity index (χ2v) is 8.22. The SMILES string of the molecule is Cc1ccccc1C(=O)Oc1ccc(Br)cc1C=NNC(=O)COc1cccc(Cl)c1Cl. The first-order valence-corrected chi connectivity index (χ1v) is 10.9. The first-order chi connectivity index (χ1) is 15.3. The van der Waals surface area contributed by atoms with Crippen molar-refractivity contribution in [1.82, 2.24) is 5.43 Å². The standard InChI is InChI=1S/C23H17BrCl2N2O4/c1-14-5-2-3-6-17(14)23(30)32-19-10-9-16(24)11-15(19)12-27-28-21(29)13-31-20-8-4-7-18(25)22(20)26/h2-12H,13H2,1H3,(H,28,29). The maximum atomic E-state index is 12.5. The fraction of sp³-hybridized carbons (Fsp3) is 0.0870. The van der Waals surface area contributed by atoms with Crippen LogP contribution in [-0.2, 0) is 4.79 Å². The predicted molar refractivity (Wildman–Crippen MR) is 128 cm³/mol. The van der Waals surface area contributed by atoms with Crippen LogP contribution in [0.1, 0.15) is 21.5 Å². The highest BCUT2D eigenvalue weighted by Gasteiger charge is 2.14. The van der Waals surface area contributed by atoms with Gasteiger partial charge in [0.25, 0.3) is 5.91 Å². The number of ether oxygens (including phenoxy) is 2. The minimum Gasteiger partial charge on any atom is -0.482 e. The van der Waals surface area contributed by atoms with Crippen LogP contribution >= 0.6 is 39.1 Å². The van der Waals surface area contributed by atoms with Crippen molar-refractivity contribution < 1.29 is 19.1 Å². The largest absolute Gasteiger partial charge is 0.482 e. The monoisotopic (exact) mass is 534 g/mol. The van der Waals surface area contributed by atoms with Crippen LogP contribution in [-0.4, -0.2) is 24.7 Å². The Hall–Kier alpha value is -2.87. The third kappa shape index (κ3) is 6.32. The van der Waals surface area contributed by atoms with Crippen molar-refractivity contribution in [3.05, 3.63) is 91.9 Å². The second-order valence-electron chi connectivity index (χ2n) is 6.52. The Morgan fingerprint density at radius 1 is 1.06 bits per heavy atom. The summed E-state index contributed by atoms with van der Waals surface area (Å²) in [7, 11) is 0. The van der Waals surface area contributed by atoms with Crippen molar-refractivity contribution in [2.24, 2.45) is 5.10 Å². The third-order valence-electron chi connectivity index (χ3n) is 4.21. The van der Waals surface area contributed by atoms with Crippen LogP contribution in [0.15, 0.2) is 70.2 Å². The molecule has 3 rings (SSSR count). The Labute approximate surface area is 203 Å². The number of carbonyl (C=O) groups excluding carboxylic acids is 2. The van der Waals surface area contributed by atoms with E-state index < -0.39 is 11.9 Å². The number of rotatable bonds is 7. The van der Waals surface area contributed by atoms with Gasteiger partial charge in [-0.1, -0.05) is 63.4 Å². The average molecular weight is 536 g/mol. The van der Waals surface area contributed by atoms with Crippen molar-refractivity contribution in [3.63, 3.8) is 0 Å². The van der Waals surface area contributed by atoms with Gasteiger partial charge in [0.05, 0.1) is 16.8 Å². The summed E-state index contributed by atoms with van der Waals surface area (Å²) >= 11 is 15.3. The van der Waals surface area contributed by atoms with E-state index in [2.05, 4.69) is 26.5 Å². The van der Waals surface area contributed by atoms with Gasteiger partial charge in [0.2, 0.25) is 0 Å².